The van der Waals surface area contributed by atoms with Crippen molar-refractivity contribution in [2.75, 3.05) is 32.7 Å². The summed E-state index contributed by atoms with van der Waals surface area (Å²) in [5.41, 5.74) is 0. The van der Waals surface area contributed by atoms with Gasteiger partial charge in [-0.2, -0.15) is 4.98 Å². The van der Waals surface area contributed by atoms with Crippen LogP contribution in [-0.2, 0) is 6.54 Å². The zero-order valence-corrected chi connectivity index (χ0v) is 16.0. The highest BCUT2D eigenvalue weighted by Gasteiger charge is 2.26. The Morgan fingerprint density at radius 2 is 1.92 bits per heavy atom. The first-order valence-electron chi connectivity index (χ1n) is 9.77. The average molecular weight is 377 g/mol. The van der Waals surface area contributed by atoms with Gasteiger partial charge in [0.2, 0.25) is 11.7 Å². The normalized spacial score (nSPS) is 21.9. The van der Waals surface area contributed by atoms with Crippen LogP contribution < -0.4 is 0 Å². The largest absolute Gasteiger partial charge is 0.392 e. The number of aliphatic hydroxyl groups excluding tert-OH is 1. The fraction of sp³-hybridized carbons (Fsp3) is 0.684. The van der Waals surface area contributed by atoms with Crippen LogP contribution in [-0.4, -0.2) is 63.9 Å². The van der Waals surface area contributed by atoms with Crippen LogP contribution in [0, 0.1) is 5.92 Å². The highest BCUT2D eigenvalue weighted by Crippen LogP contribution is 2.27. The molecule has 0 aromatic carbocycles. The second-order valence-corrected chi connectivity index (χ2v) is 8.48. The van der Waals surface area contributed by atoms with Gasteiger partial charge in [-0.15, -0.1) is 11.3 Å². The Morgan fingerprint density at radius 1 is 1.15 bits per heavy atom. The third-order valence-electron chi connectivity index (χ3n) is 5.67. The van der Waals surface area contributed by atoms with Gasteiger partial charge in [-0.1, -0.05) is 30.5 Å². The summed E-state index contributed by atoms with van der Waals surface area (Å²) < 4.78 is 5.41. The predicted octanol–water partition coefficient (Wildman–Crippen LogP) is 2.86. The van der Waals surface area contributed by atoms with Gasteiger partial charge >= 0.3 is 0 Å². The molecule has 0 spiro atoms. The Hall–Kier alpha value is -1.28. The standard InChI is InChI=1S/C19H28N4O2S/c24-16(15-5-2-1-3-6-15)13-22-8-10-23(11-9-22)14-18-20-19(21-25-18)17-7-4-12-26-17/h4,7,12,15-16,24H,1-3,5-6,8-11,13-14H2. The summed E-state index contributed by atoms with van der Waals surface area (Å²) in [5.74, 6) is 1.88. The van der Waals surface area contributed by atoms with Crippen LogP contribution in [0.25, 0.3) is 10.7 Å². The minimum Gasteiger partial charge on any atom is -0.392 e. The van der Waals surface area contributed by atoms with Crippen molar-refractivity contribution in [2.45, 2.75) is 44.8 Å². The Bertz CT molecular complexity index is 661. The fourth-order valence-electron chi connectivity index (χ4n) is 4.08. The minimum absolute atomic E-state index is 0.161. The van der Waals surface area contributed by atoms with Crippen molar-refractivity contribution >= 4 is 11.3 Å². The summed E-state index contributed by atoms with van der Waals surface area (Å²) in [4.78, 5) is 10.3. The molecule has 26 heavy (non-hydrogen) atoms. The molecule has 1 saturated carbocycles. The number of β-amino-alcohol motifs (C(OH)–C–C–N with tert-alkyl or cyclic N) is 1. The Morgan fingerprint density at radius 3 is 2.65 bits per heavy atom. The first-order valence-corrected chi connectivity index (χ1v) is 10.6. The van der Waals surface area contributed by atoms with E-state index >= 15 is 0 Å². The van der Waals surface area contributed by atoms with E-state index in [0.717, 1.165) is 37.6 Å². The Balaban J connectivity index is 1.22. The Labute approximate surface area is 158 Å². The molecule has 142 valence electrons. The van der Waals surface area contributed by atoms with Crippen LogP contribution in [0.2, 0.25) is 0 Å². The maximum Gasteiger partial charge on any atom is 0.241 e. The average Bonchev–Trinajstić information content (AvgIpc) is 3.36. The molecule has 1 atom stereocenters. The van der Waals surface area contributed by atoms with Crippen LogP contribution in [0.5, 0.6) is 0 Å². The monoisotopic (exact) mass is 376 g/mol. The predicted molar refractivity (Wildman–Crippen MR) is 102 cm³/mol. The van der Waals surface area contributed by atoms with Crippen LogP contribution >= 0.6 is 11.3 Å². The zero-order valence-electron chi connectivity index (χ0n) is 15.2. The summed E-state index contributed by atoms with van der Waals surface area (Å²) in [6.07, 6.45) is 6.15. The number of nitrogens with zero attached hydrogens (tertiary/aromatic N) is 4. The molecule has 2 aromatic rings. The van der Waals surface area contributed by atoms with Gasteiger partial charge in [0.1, 0.15) is 0 Å². The second-order valence-electron chi connectivity index (χ2n) is 7.53. The van der Waals surface area contributed by atoms with Crippen molar-refractivity contribution in [2.24, 2.45) is 5.92 Å². The highest BCUT2D eigenvalue weighted by atomic mass is 32.1. The van der Waals surface area contributed by atoms with Gasteiger partial charge < -0.3 is 9.63 Å². The zero-order chi connectivity index (χ0) is 17.8. The third kappa shape index (κ3) is 4.52. The Kier molecular flexibility index (Phi) is 5.99. The number of thiophene rings is 1. The molecule has 0 radical (unpaired) electrons. The number of hydrogen-bond acceptors (Lipinski definition) is 7. The smallest absolute Gasteiger partial charge is 0.241 e. The molecular formula is C19H28N4O2S. The van der Waals surface area contributed by atoms with Gasteiger partial charge in [0.05, 0.1) is 17.5 Å². The van der Waals surface area contributed by atoms with Crippen molar-refractivity contribution < 1.29 is 9.63 Å². The van der Waals surface area contributed by atoms with E-state index in [2.05, 4.69) is 19.9 Å². The molecule has 1 aliphatic heterocycles. The fourth-order valence-corrected chi connectivity index (χ4v) is 4.73. The molecule has 1 unspecified atom stereocenters. The molecule has 2 aliphatic rings. The van der Waals surface area contributed by atoms with Gasteiger partial charge in [-0.25, -0.2) is 0 Å². The van der Waals surface area contributed by atoms with E-state index in [1.54, 1.807) is 11.3 Å². The summed E-state index contributed by atoms with van der Waals surface area (Å²) in [7, 11) is 0. The lowest BCUT2D eigenvalue weighted by Crippen LogP contribution is -2.49. The summed E-state index contributed by atoms with van der Waals surface area (Å²) in [6, 6.07) is 4.01. The van der Waals surface area contributed by atoms with Gasteiger partial charge in [0.15, 0.2) is 0 Å². The number of aliphatic hydroxyl groups is 1. The van der Waals surface area contributed by atoms with Crippen molar-refractivity contribution in [1.29, 1.82) is 0 Å². The molecular weight excluding hydrogens is 348 g/mol. The van der Waals surface area contributed by atoms with Gasteiger partial charge in [0, 0.05) is 32.7 Å². The molecule has 2 aromatic heterocycles. The van der Waals surface area contributed by atoms with Crippen molar-refractivity contribution in [1.82, 2.24) is 19.9 Å². The van der Waals surface area contributed by atoms with Gasteiger partial charge in [-0.3, -0.25) is 9.80 Å². The molecule has 0 amide bonds. The topological polar surface area (TPSA) is 65.6 Å². The molecule has 3 heterocycles. The van der Waals surface area contributed by atoms with Gasteiger partial charge in [-0.05, 0) is 30.2 Å². The molecule has 1 saturated heterocycles. The molecule has 1 aliphatic carbocycles. The maximum atomic E-state index is 10.5. The first-order chi connectivity index (χ1) is 12.8. The van der Waals surface area contributed by atoms with E-state index in [1.165, 1.54) is 32.1 Å². The van der Waals surface area contributed by atoms with Crippen LogP contribution in [0.1, 0.15) is 38.0 Å². The van der Waals surface area contributed by atoms with E-state index in [0.29, 0.717) is 24.2 Å². The van der Waals surface area contributed by atoms with E-state index in [-0.39, 0.29) is 6.10 Å². The van der Waals surface area contributed by atoms with E-state index in [1.807, 2.05) is 17.5 Å². The lowest BCUT2D eigenvalue weighted by molar-refractivity contribution is 0.0269. The van der Waals surface area contributed by atoms with Crippen molar-refractivity contribution in [3.05, 3.63) is 23.4 Å². The quantitative estimate of drug-likeness (QED) is 0.836. The van der Waals surface area contributed by atoms with E-state index in [9.17, 15) is 5.11 Å². The molecule has 0 bridgehead atoms. The highest BCUT2D eigenvalue weighted by molar-refractivity contribution is 7.13. The second kappa shape index (κ2) is 8.61. The minimum atomic E-state index is -0.161. The van der Waals surface area contributed by atoms with Crippen LogP contribution in [0.15, 0.2) is 22.0 Å². The van der Waals surface area contributed by atoms with Crippen molar-refractivity contribution in [3.63, 3.8) is 0 Å². The molecule has 1 N–H and O–H groups in total. The lowest BCUT2D eigenvalue weighted by atomic mass is 9.85. The summed E-state index contributed by atoms with van der Waals surface area (Å²) in [5, 5.41) is 16.6. The van der Waals surface area contributed by atoms with Crippen molar-refractivity contribution in [3.8, 4) is 10.7 Å². The summed E-state index contributed by atoms with van der Waals surface area (Å²) >= 11 is 1.62. The number of piperazine rings is 1. The maximum absolute atomic E-state index is 10.5. The lowest BCUT2D eigenvalue weighted by Gasteiger charge is -2.37. The first kappa shape index (κ1) is 18.1. The molecule has 4 rings (SSSR count). The van der Waals surface area contributed by atoms with E-state index in [4.69, 9.17) is 4.52 Å². The van der Waals surface area contributed by atoms with Crippen LogP contribution in [0.3, 0.4) is 0 Å². The SMILES string of the molecule is OC(CN1CCN(Cc2nc(-c3cccs3)no2)CC1)C1CCCCC1. The number of rotatable bonds is 6. The summed E-state index contributed by atoms with van der Waals surface area (Å²) in [6.45, 7) is 5.48. The number of hydrogen-bond donors (Lipinski definition) is 1. The molecule has 7 heteroatoms. The van der Waals surface area contributed by atoms with Gasteiger partial charge in [0.25, 0.3) is 0 Å². The van der Waals surface area contributed by atoms with Crippen LogP contribution in [0.4, 0.5) is 0 Å². The van der Waals surface area contributed by atoms with E-state index < -0.39 is 0 Å². The molecule has 2 fully saturated rings. The number of aromatic nitrogens is 2. The molecule has 6 nitrogen and oxygen atoms in total. The third-order valence-corrected chi connectivity index (χ3v) is 6.54.